The number of furan rings is 1. The van der Waals surface area contributed by atoms with Crippen LogP contribution in [0.3, 0.4) is 0 Å². The molecule has 0 unspecified atom stereocenters. The SMILES string of the molecule is [2H]c1c([2H])c([2H])c(-c2c3ccccc3c(-c3ccc4c(c3)oc3ccc(-c5c6ccccc6c(-c6ccccc6)c6ccccc56)cc34)c3ccccc23)c([2H])c1[2H]. The van der Waals surface area contributed by atoms with Crippen molar-refractivity contribution in [3.05, 3.63) is 194 Å². The zero-order valence-corrected chi connectivity index (χ0v) is 28.5. The third kappa shape index (κ3) is 4.58. The fourth-order valence-corrected chi connectivity index (χ4v) is 8.53. The van der Waals surface area contributed by atoms with Crippen LogP contribution in [0.15, 0.2) is 198 Å². The van der Waals surface area contributed by atoms with E-state index in [0.29, 0.717) is 5.56 Å². The molecule has 246 valence electrons. The number of benzene rings is 10. The number of rotatable bonds is 4. The van der Waals surface area contributed by atoms with Gasteiger partial charge in [-0.2, -0.15) is 0 Å². The minimum absolute atomic E-state index is 0.198. The second-order valence-electron chi connectivity index (χ2n) is 13.6. The molecule has 11 rings (SSSR count). The lowest BCUT2D eigenvalue weighted by Gasteiger charge is -2.17. The van der Waals surface area contributed by atoms with E-state index in [2.05, 4.69) is 115 Å². The van der Waals surface area contributed by atoms with E-state index < -0.39 is 6.04 Å². The molecule has 0 bridgehead atoms. The molecule has 0 N–H and O–H groups in total. The van der Waals surface area contributed by atoms with Crippen molar-refractivity contribution >= 4 is 65.0 Å². The van der Waals surface area contributed by atoms with Gasteiger partial charge in [0.05, 0.1) is 6.85 Å². The minimum Gasteiger partial charge on any atom is -0.456 e. The molecular formula is C52H32O. The van der Waals surface area contributed by atoms with Crippen LogP contribution < -0.4 is 0 Å². The molecule has 0 aliphatic heterocycles. The van der Waals surface area contributed by atoms with E-state index in [0.717, 1.165) is 60.2 Å². The van der Waals surface area contributed by atoms with E-state index in [9.17, 15) is 0 Å². The first-order valence-electron chi connectivity index (χ1n) is 20.4. The fourth-order valence-electron chi connectivity index (χ4n) is 8.53. The molecule has 0 saturated heterocycles. The lowest BCUT2D eigenvalue weighted by Crippen LogP contribution is -1.90. The smallest absolute Gasteiger partial charge is 0.136 e. The molecule has 11 aromatic rings. The van der Waals surface area contributed by atoms with Crippen molar-refractivity contribution in [1.82, 2.24) is 0 Å². The van der Waals surface area contributed by atoms with Crippen LogP contribution in [0.5, 0.6) is 0 Å². The topological polar surface area (TPSA) is 13.1 Å². The molecular weight excluding hydrogens is 641 g/mol. The highest BCUT2D eigenvalue weighted by atomic mass is 16.3. The van der Waals surface area contributed by atoms with E-state index in [1.165, 1.54) is 38.2 Å². The minimum atomic E-state index is -0.405. The summed E-state index contributed by atoms with van der Waals surface area (Å²) in [5, 5.41) is 10.3. The largest absolute Gasteiger partial charge is 0.456 e. The molecule has 0 radical (unpaired) electrons. The van der Waals surface area contributed by atoms with Gasteiger partial charge in [-0.15, -0.1) is 0 Å². The van der Waals surface area contributed by atoms with Crippen molar-refractivity contribution in [1.29, 1.82) is 0 Å². The van der Waals surface area contributed by atoms with Crippen LogP contribution in [0.4, 0.5) is 0 Å². The number of fused-ring (bicyclic) bond motifs is 7. The molecule has 0 saturated carbocycles. The van der Waals surface area contributed by atoms with Crippen molar-refractivity contribution in [2.75, 3.05) is 0 Å². The van der Waals surface area contributed by atoms with Crippen molar-refractivity contribution < 1.29 is 11.3 Å². The Bertz CT molecular complexity index is 3370. The zero-order valence-electron chi connectivity index (χ0n) is 33.5. The molecule has 1 heterocycles. The maximum atomic E-state index is 8.89. The molecule has 1 nitrogen and oxygen atoms in total. The molecule has 0 amide bonds. The highest BCUT2D eigenvalue weighted by Crippen LogP contribution is 2.47. The van der Waals surface area contributed by atoms with E-state index in [4.69, 9.17) is 11.3 Å². The predicted molar refractivity (Wildman–Crippen MR) is 225 cm³/mol. The lowest BCUT2D eigenvalue weighted by atomic mass is 9.85. The Morgan fingerprint density at radius 3 is 1.21 bits per heavy atom. The highest BCUT2D eigenvalue weighted by Gasteiger charge is 2.20. The number of hydrogen-bond donors (Lipinski definition) is 0. The van der Waals surface area contributed by atoms with Gasteiger partial charge >= 0.3 is 0 Å². The van der Waals surface area contributed by atoms with E-state index >= 15 is 0 Å². The molecule has 53 heavy (non-hydrogen) atoms. The monoisotopic (exact) mass is 677 g/mol. The van der Waals surface area contributed by atoms with Crippen molar-refractivity contribution in [3.8, 4) is 44.5 Å². The number of hydrogen-bond acceptors (Lipinski definition) is 1. The van der Waals surface area contributed by atoms with Crippen molar-refractivity contribution in [2.45, 2.75) is 0 Å². The van der Waals surface area contributed by atoms with Gasteiger partial charge in [-0.3, -0.25) is 0 Å². The standard InChI is InChI=1S/C52H32O/c1-3-15-33(16-4-1)49-38-19-7-11-23-42(38)51(43-24-12-8-20-39(43)49)35-28-30-47-46(31-35)37-29-27-36(32-48(37)53-47)52-44-25-13-9-21-40(44)50(34-17-5-2-6-18-34)41-22-10-14-26-45(41)52/h1-32H/i2D,5D,6D,17D,18D. The van der Waals surface area contributed by atoms with Gasteiger partial charge in [0.15, 0.2) is 0 Å². The first kappa shape index (κ1) is 25.1. The van der Waals surface area contributed by atoms with Gasteiger partial charge in [-0.1, -0.05) is 170 Å². The molecule has 0 atom stereocenters. The second kappa shape index (κ2) is 11.8. The Morgan fingerprint density at radius 2 is 0.698 bits per heavy atom. The summed E-state index contributed by atoms with van der Waals surface area (Å²) in [7, 11) is 0. The normalized spacial score (nSPS) is 13.1. The molecule has 0 aliphatic carbocycles. The molecule has 0 fully saturated rings. The second-order valence-corrected chi connectivity index (χ2v) is 13.6. The summed E-state index contributed by atoms with van der Waals surface area (Å²) in [6.45, 7) is 0. The van der Waals surface area contributed by atoms with E-state index in [1.54, 1.807) is 0 Å². The average Bonchev–Trinajstić information content (AvgIpc) is 3.64. The Hall–Kier alpha value is -6.96. The predicted octanol–water partition coefficient (Wildman–Crippen LogP) is 14.9. The summed E-state index contributed by atoms with van der Waals surface area (Å²) in [6.07, 6.45) is 0. The summed E-state index contributed by atoms with van der Waals surface area (Å²) in [5.41, 5.74) is 9.07. The summed E-state index contributed by atoms with van der Waals surface area (Å²) >= 11 is 0. The van der Waals surface area contributed by atoms with Crippen molar-refractivity contribution in [3.63, 3.8) is 0 Å². The summed E-state index contributed by atoms with van der Waals surface area (Å²) in [4.78, 5) is 0. The zero-order chi connectivity index (χ0) is 39.2. The maximum absolute atomic E-state index is 8.89. The van der Waals surface area contributed by atoms with Gasteiger partial charge in [-0.25, -0.2) is 0 Å². The van der Waals surface area contributed by atoms with Gasteiger partial charge in [0, 0.05) is 10.8 Å². The van der Waals surface area contributed by atoms with Gasteiger partial charge in [0.25, 0.3) is 0 Å². The van der Waals surface area contributed by atoms with Crippen LogP contribution in [-0.2, 0) is 0 Å². The molecule has 10 aromatic carbocycles. The first-order chi connectivity index (χ1) is 28.4. The molecule has 1 heteroatoms. The third-order valence-electron chi connectivity index (χ3n) is 10.7. The summed E-state index contributed by atoms with van der Waals surface area (Å²) in [5.74, 6) is 0. The quantitative estimate of drug-likeness (QED) is 0.169. The van der Waals surface area contributed by atoms with Crippen molar-refractivity contribution in [2.24, 2.45) is 0 Å². The Balaban J connectivity index is 1.13. The van der Waals surface area contributed by atoms with Crippen LogP contribution in [0.1, 0.15) is 6.85 Å². The Morgan fingerprint density at radius 1 is 0.283 bits per heavy atom. The molecule has 0 aliphatic rings. The van der Waals surface area contributed by atoms with Gasteiger partial charge < -0.3 is 4.42 Å². The fraction of sp³-hybridized carbons (Fsp3) is 0. The molecule has 0 spiro atoms. The average molecular weight is 678 g/mol. The summed E-state index contributed by atoms with van der Waals surface area (Å²) < 4.78 is 49.6. The van der Waals surface area contributed by atoms with Gasteiger partial charge in [0.2, 0.25) is 0 Å². The molecule has 1 aromatic heterocycles. The van der Waals surface area contributed by atoms with E-state index in [1.807, 2.05) is 48.5 Å². The lowest BCUT2D eigenvalue weighted by molar-refractivity contribution is 0.669. The van der Waals surface area contributed by atoms with Crippen LogP contribution in [0.25, 0.3) is 110 Å². The van der Waals surface area contributed by atoms with Crippen LogP contribution >= 0.6 is 0 Å². The van der Waals surface area contributed by atoms with Gasteiger partial charge in [-0.05, 0) is 112 Å². The van der Waals surface area contributed by atoms with Crippen LogP contribution in [0, 0.1) is 0 Å². The highest BCUT2D eigenvalue weighted by molar-refractivity contribution is 6.24. The van der Waals surface area contributed by atoms with Gasteiger partial charge in [0.1, 0.15) is 11.2 Å². The maximum Gasteiger partial charge on any atom is 0.136 e. The third-order valence-corrected chi connectivity index (χ3v) is 10.7. The Labute approximate surface area is 314 Å². The van der Waals surface area contributed by atoms with E-state index in [-0.39, 0.29) is 29.7 Å². The van der Waals surface area contributed by atoms with Crippen LogP contribution in [-0.4, -0.2) is 0 Å². The Kier molecular flexibility index (Phi) is 5.58. The summed E-state index contributed by atoms with van der Waals surface area (Å²) in [6, 6.07) is 55.2. The van der Waals surface area contributed by atoms with Crippen LogP contribution in [0.2, 0.25) is 0 Å². The first-order valence-corrected chi connectivity index (χ1v) is 17.9.